The van der Waals surface area contributed by atoms with Gasteiger partial charge in [-0.1, -0.05) is 23.7 Å². The van der Waals surface area contributed by atoms with E-state index in [0.717, 1.165) is 4.90 Å². The number of rotatable bonds is 5. The second-order valence-electron chi connectivity index (χ2n) is 6.82. The van der Waals surface area contributed by atoms with Gasteiger partial charge in [-0.2, -0.15) is 0 Å². The van der Waals surface area contributed by atoms with Gasteiger partial charge in [0.15, 0.2) is 0 Å². The molecule has 0 spiro atoms. The molecule has 0 saturated heterocycles. The number of benzene rings is 3. The Bertz CT molecular complexity index is 1200. The molecule has 3 aromatic carbocycles. The number of hydrogen-bond donors (Lipinski definition) is 3. The average Bonchev–Trinajstić information content (AvgIpc) is 2.74. The number of carbonyl (C=O) groups excluding carboxylic acids is 2. The highest BCUT2D eigenvalue weighted by Gasteiger charge is 2.23. The quantitative estimate of drug-likeness (QED) is 0.479. The molecular formula is C22H18ClN3O3S2. The minimum atomic E-state index is -1.53. The molecule has 0 aromatic heterocycles. The van der Waals surface area contributed by atoms with E-state index in [1.54, 1.807) is 60.7 Å². The van der Waals surface area contributed by atoms with Crippen molar-refractivity contribution in [1.29, 1.82) is 0 Å². The summed E-state index contributed by atoms with van der Waals surface area (Å²) < 4.78 is 15.5. The molecule has 1 heterocycles. The van der Waals surface area contributed by atoms with E-state index < -0.39 is 11.0 Å². The van der Waals surface area contributed by atoms with Gasteiger partial charge in [-0.15, -0.1) is 11.8 Å². The van der Waals surface area contributed by atoms with Crippen LogP contribution in [0.25, 0.3) is 0 Å². The molecule has 2 amide bonds. The molecule has 2 unspecified atom stereocenters. The number of fused-ring (bicyclic) bond motifs is 1. The van der Waals surface area contributed by atoms with E-state index in [0.29, 0.717) is 32.5 Å². The van der Waals surface area contributed by atoms with E-state index in [1.165, 1.54) is 11.8 Å². The summed E-state index contributed by atoms with van der Waals surface area (Å²) in [5.74, 6) is -0.413. The fourth-order valence-corrected chi connectivity index (χ4v) is 4.98. The number of thioether (sulfide) groups is 1. The second-order valence-corrected chi connectivity index (χ2v) is 9.86. The summed E-state index contributed by atoms with van der Waals surface area (Å²) in [5, 5.41) is 6.00. The van der Waals surface area contributed by atoms with Crippen molar-refractivity contribution in [3.8, 4) is 0 Å². The number of carbonyl (C=O) groups is 2. The third-order valence-corrected chi connectivity index (χ3v) is 7.03. The van der Waals surface area contributed by atoms with E-state index in [2.05, 4.69) is 15.4 Å². The third-order valence-electron chi connectivity index (χ3n) is 4.51. The lowest BCUT2D eigenvalue weighted by Gasteiger charge is -2.21. The van der Waals surface area contributed by atoms with Crippen LogP contribution in [0.4, 0.5) is 17.1 Å². The zero-order valence-electron chi connectivity index (χ0n) is 16.3. The van der Waals surface area contributed by atoms with E-state index >= 15 is 0 Å². The van der Waals surface area contributed by atoms with Crippen LogP contribution < -0.4 is 15.4 Å². The minimum absolute atomic E-state index is 0.0857. The molecule has 0 bridgehead atoms. The monoisotopic (exact) mass is 471 g/mol. The van der Waals surface area contributed by atoms with Crippen molar-refractivity contribution in [2.45, 2.75) is 22.0 Å². The summed E-state index contributed by atoms with van der Waals surface area (Å²) in [4.78, 5) is 26.0. The smallest absolute Gasteiger partial charge is 0.255 e. The highest BCUT2D eigenvalue weighted by atomic mass is 35.5. The lowest BCUT2D eigenvalue weighted by Crippen LogP contribution is -2.26. The van der Waals surface area contributed by atoms with Crippen molar-refractivity contribution < 1.29 is 13.8 Å². The predicted octanol–water partition coefficient (Wildman–Crippen LogP) is 5.16. The summed E-state index contributed by atoms with van der Waals surface area (Å²) >= 11 is 7.42. The maximum atomic E-state index is 12.7. The van der Waals surface area contributed by atoms with Gasteiger partial charge in [0.25, 0.3) is 5.91 Å². The van der Waals surface area contributed by atoms with E-state index in [-0.39, 0.29) is 17.1 Å². The first kappa shape index (κ1) is 21.4. The van der Waals surface area contributed by atoms with Crippen LogP contribution in [0, 0.1) is 0 Å². The van der Waals surface area contributed by atoms with Crippen molar-refractivity contribution in [1.82, 2.24) is 0 Å². The molecule has 6 nitrogen and oxygen atoms in total. The first-order valence-electron chi connectivity index (χ1n) is 9.36. The Balaban J connectivity index is 1.47. The summed E-state index contributed by atoms with van der Waals surface area (Å²) in [5.41, 5.74) is 2.18. The molecule has 31 heavy (non-hydrogen) atoms. The zero-order valence-corrected chi connectivity index (χ0v) is 18.7. The Kier molecular flexibility index (Phi) is 6.31. The van der Waals surface area contributed by atoms with E-state index in [9.17, 15) is 13.8 Å². The maximum absolute atomic E-state index is 12.7. The van der Waals surface area contributed by atoms with Gasteiger partial charge in [0.1, 0.15) is 11.0 Å². The molecule has 3 aromatic rings. The average molecular weight is 472 g/mol. The highest BCUT2D eigenvalue weighted by Crippen LogP contribution is 2.36. The van der Waals surface area contributed by atoms with Gasteiger partial charge >= 0.3 is 0 Å². The molecule has 4 rings (SSSR count). The maximum Gasteiger partial charge on any atom is 0.255 e. The van der Waals surface area contributed by atoms with E-state index in [1.807, 2.05) is 13.0 Å². The fourth-order valence-electron chi connectivity index (χ4n) is 2.96. The zero-order chi connectivity index (χ0) is 22.0. The molecule has 1 aliphatic rings. The molecule has 1 aliphatic heterocycles. The highest BCUT2D eigenvalue weighted by molar-refractivity contribution is 8.01. The number of anilines is 3. The molecule has 9 heteroatoms. The van der Waals surface area contributed by atoms with Gasteiger partial charge in [-0.3, -0.25) is 9.59 Å². The third kappa shape index (κ3) is 5.10. The van der Waals surface area contributed by atoms with Crippen molar-refractivity contribution in [2.75, 3.05) is 15.4 Å². The molecule has 3 N–H and O–H groups in total. The Morgan fingerprint density at radius 2 is 1.84 bits per heavy atom. The Labute approximate surface area is 191 Å². The molecule has 0 aliphatic carbocycles. The molecular weight excluding hydrogens is 454 g/mol. The van der Waals surface area contributed by atoms with Crippen molar-refractivity contribution >= 4 is 63.2 Å². The number of amides is 2. The van der Waals surface area contributed by atoms with Gasteiger partial charge in [0, 0.05) is 26.9 Å². The van der Waals surface area contributed by atoms with Gasteiger partial charge in [0.05, 0.1) is 15.8 Å². The molecule has 158 valence electrons. The number of hydrogen-bond acceptors (Lipinski definition) is 4. The summed E-state index contributed by atoms with van der Waals surface area (Å²) in [6.07, 6.45) is 0. The number of nitrogens with one attached hydrogen (secondary N) is 3. The Hall–Kier alpha value is -2.81. The van der Waals surface area contributed by atoms with Crippen LogP contribution in [-0.4, -0.2) is 21.3 Å². The standard InChI is InChI=1S/C22H18ClN3O3S2/c1-13-21(27)25-19-10-14(8-9-20(19)30-13)22(28)24-16-5-3-7-18(12-16)31(29)26-17-6-2-4-15(23)11-17/h2-13,26H,1H3,(H,24,28)(H,25,27). The van der Waals surface area contributed by atoms with Crippen molar-refractivity contribution in [3.05, 3.63) is 77.3 Å². The van der Waals surface area contributed by atoms with Crippen LogP contribution in [0.15, 0.2) is 76.5 Å². The SMILES string of the molecule is CC1Sc2ccc(C(=O)Nc3cccc(S(=O)Nc4cccc(Cl)c4)c3)cc2NC1=O. The van der Waals surface area contributed by atoms with Gasteiger partial charge in [-0.25, -0.2) is 4.21 Å². The molecule has 0 radical (unpaired) electrons. The minimum Gasteiger partial charge on any atom is -0.324 e. The van der Waals surface area contributed by atoms with Crippen LogP contribution in [0.2, 0.25) is 5.02 Å². The second kappa shape index (κ2) is 9.13. The lowest BCUT2D eigenvalue weighted by molar-refractivity contribution is -0.115. The number of halogens is 1. The summed E-state index contributed by atoms with van der Waals surface area (Å²) in [7, 11) is -1.53. The first-order valence-corrected chi connectivity index (χ1v) is 11.8. The molecule has 0 saturated carbocycles. The van der Waals surface area contributed by atoms with Crippen LogP contribution in [0.1, 0.15) is 17.3 Å². The lowest BCUT2D eigenvalue weighted by atomic mass is 10.1. The normalized spacial score (nSPS) is 16.1. The molecule has 0 fully saturated rings. The van der Waals surface area contributed by atoms with Crippen LogP contribution >= 0.6 is 23.4 Å². The first-order chi connectivity index (χ1) is 14.9. The van der Waals surface area contributed by atoms with Crippen molar-refractivity contribution in [3.63, 3.8) is 0 Å². The topological polar surface area (TPSA) is 87.3 Å². The Morgan fingerprint density at radius 3 is 2.65 bits per heavy atom. The van der Waals surface area contributed by atoms with Crippen LogP contribution in [0.5, 0.6) is 0 Å². The van der Waals surface area contributed by atoms with E-state index in [4.69, 9.17) is 11.6 Å². The van der Waals surface area contributed by atoms with Gasteiger partial charge < -0.3 is 15.4 Å². The Morgan fingerprint density at radius 1 is 1.06 bits per heavy atom. The summed E-state index contributed by atoms with van der Waals surface area (Å²) in [6, 6.07) is 18.9. The van der Waals surface area contributed by atoms with Crippen LogP contribution in [0.3, 0.4) is 0 Å². The van der Waals surface area contributed by atoms with Gasteiger partial charge in [0.2, 0.25) is 5.91 Å². The fraction of sp³-hybridized carbons (Fsp3) is 0.0909. The largest absolute Gasteiger partial charge is 0.324 e. The van der Waals surface area contributed by atoms with Crippen LogP contribution in [-0.2, 0) is 15.8 Å². The molecule has 2 atom stereocenters. The van der Waals surface area contributed by atoms with Gasteiger partial charge in [-0.05, 0) is 61.5 Å². The van der Waals surface area contributed by atoms with Crippen molar-refractivity contribution in [2.24, 2.45) is 0 Å². The predicted molar refractivity (Wildman–Crippen MR) is 126 cm³/mol. The summed E-state index contributed by atoms with van der Waals surface area (Å²) in [6.45, 7) is 1.84.